The van der Waals surface area contributed by atoms with Crippen LogP contribution in [0.1, 0.15) is 5.56 Å². The van der Waals surface area contributed by atoms with Crippen LogP contribution in [0.15, 0.2) is 59.8 Å². The minimum atomic E-state index is -3.93. The van der Waals surface area contributed by atoms with E-state index in [1.807, 2.05) is 30.3 Å². The first-order chi connectivity index (χ1) is 15.4. The Bertz CT molecular complexity index is 1480. The summed E-state index contributed by atoms with van der Waals surface area (Å²) in [6, 6.07) is 12.8. The number of sulfonamides is 1. The molecule has 32 heavy (non-hydrogen) atoms. The van der Waals surface area contributed by atoms with Crippen molar-refractivity contribution >= 4 is 44.2 Å². The van der Waals surface area contributed by atoms with Gasteiger partial charge < -0.3 is 10.5 Å². The number of hydrogen-bond donors (Lipinski definition) is 1. The molecule has 1 aliphatic rings. The molecule has 0 fully saturated rings. The summed E-state index contributed by atoms with van der Waals surface area (Å²) in [5.41, 5.74) is 9.89. The Kier molecular flexibility index (Phi) is 4.87. The van der Waals surface area contributed by atoms with Crippen molar-refractivity contribution in [3.63, 3.8) is 0 Å². The zero-order chi connectivity index (χ0) is 22.5. The quantitative estimate of drug-likeness (QED) is 0.487. The molecule has 10 heteroatoms. The third-order valence-electron chi connectivity index (χ3n) is 5.44. The molecule has 0 spiro atoms. The van der Waals surface area contributed by atoms with E-state index in [1.165, 1.54) is 23.7 Å². The van der Waals surface area contributed by atoms with E-state index in [4.69, 9.17) is 22.1 Å². The van der Waals surface area contributed by atoms with Crippen LogP contribution >= 0.6 is 11.6 Å². The van der Waals surface area contributed by atoms with Crippen molar-refractivity contribution in [1.29, 1.82) is 0 Å². The van der Waals surface area contributed by atoms with Crippen molar-refractivity contribution in [1.82, 2.24) is 15.0 Å². The van der Waals surface area contributed by atoms with E-state index in [1.54, 1.807) is 12.3 Å². The summed E-state index contributed by atoms with van der Waals surface area (Å²) >= 11 is 6.03. The van der Waals surface area contributed by atoms with Gasteiger partial charge in [0.1, 0.15) is 0 Å². The van der Waals surface area contributed by atoms with Crippen LogP contribution < -0.4 is 14.8 Å². The van der Waals surface area contributed by atoms with Gasteiger partial charge in [-0.2, -0.15) is 0 Å². The first-order valence-corrected chi connectivity index (χ1v) is 11.6. The van der Waals surface area contributed by atoms with Gasteiger partial charge in [-0.15, -0.1) is 0 Å². The molecule has 0 saturated carbocycles. The Morgan fingerprint density at radius 1 is 1.12 bits per heavy atom. The molecule has 0 amide bonds. The second-order valence-corrected chi connectivity index (χ2v) is 9.56. The molecule has 1 aliphatic heterocycles. The van der Waals surface area contributed by atoms with E-state index >= 15 is 0 Å². The Morgan fingerprint density at radius 3 is 2.78 bits per heavy atom. The number of anilines is 2. The summed E-state index contributed by atoms with van der Waals surface area (Å²) in [5, 5.41) is 1.07. The molecule has 5 rings (SSSR count). The molecule has 0 aliphatic carbocycles. The number of ether oxygens (including phenoxy) is 1. The van der Waals surface area contributed by atoms with Crippen molar-refractivity contribution in [3.05, 3.63) is 65.4 Å². The number of pyridine rings is 1. The first kappa shape index (κ1) is 20.5. The molecule has 2 aromatic heterocycles. The fourth-order valence-electron chi connectivity index (χ4n) is 4.01. The second-order valence-electron chi connectivity index (χ2n) is 7.29. The number of rotatable bonds is 4. The smallest absolute Gasteiger partial charge is 0.269 e. The average Bonchev–Trinajstić information content (AvgIpc) is 3.24. The molecule has 0 radical (unpaired) electrons. The lowest BCUT2D eigenvalue weighted by atomic mass is 9.97. The molecular formula is C22H18ClN5O3S. The SMILES string of the molecule is COc1ncc(Cl)cc1S(=O)(=O)N1CCc2c(-c3ccc4nc(N)ncc4c3)cccc21. The predicted octanol–water partition coefficient (Wildman–Crippen LogP) is 3.69. The maximum absolute atomic E-state index is 13.5. The van der Waals surface area contributed by atoms with Crippen LogP contribution in [0.4, 0.5) is 11.6 Å². The van der Waals surface area contributed by atoms with E-state index in [-0.39, 0.29) is 21.7 Å². The van der Waals surface area contributed by atoms with Gasteiger partial charge >= 0.3 is 0 Å². The van der Waals surface area contributed by atoms with Crippen molar-refractivity contribution < 1.29 is 13.2 Å². The van der Waals surface area contributed by atoms with Gasteiger partial charge in [0, 0.05) is 24.3 Å². The van der Waals surface area contributed by atoms with Crippen molar-refractivity contribution in [2.24, 2.45) is 0 Å². The Morgan fingerprint density at radius 2 is 1.97 bits per heavy atom. The van der Waals surface area contributed by atoms with Gasteiger partial charge in [0.05, 0.1) is 23.3 Å². The Labute approximate surface area is 189 Å². The molecular weight excluding hydrogens is 450 g/mol. The minimum Gasteiger partial charge on any atom is -0.480 e. The highest BCUT2D eigenvalue weighted by atomic mass is 35.5. The normalized spacial score (nSPS) is 13.4. The average molecular weight is 468 g/mol. The van der Waals surface area contributed by atoms with Gasteiger partial charge in [-0.1, -0.05) is 29.8 Å². The lowest BCUT2D eigenvalue weighted by Gasteiger charge is -2.21. The molecule has 2 aromatic carbocycles. The van der Waals surface area contributed by atoms with E-state index in [0.29, 0.717) is 18.7 Å². The topological polar surface area (TPSA) is 111 Å². The number of methoxy groups -OCH3 is 1. The molecule has 0 bridgehead atoms. The first-order valence-electron chi connectivity index (χ1n) is 9.75. The highest BCUT2D eigenvalue weighted by Crippen LogP contribution is 2.40. The number of halogens is 1. The molecule has 4 aromatic rings. The number of hydrogen-bond acceptors (Lipinski definition) is 7. The van der Waals surface area contributed by atoms with Gasteiger partial charge in [-0.05, 0) is 47.4 Å². The number of fused-ring (bicyclic) bond motifs is 2. The monoisotopic (exact) mass is 467 g/mol. The van der Waals surface area contributed by atoms with Crippen LogP contribution in [0.25, 0.3) is 22.0 Å². The molecule has 162 valence electrons. The zero-order valence-corrected chi connectivity index (χ0v) is 18.6. The van der Waals surface area contributed by atoms with E-state index in [9.17, 15) is 8.42 Å². The van der Waals surface area contributed by atoms with Crippen molar-refractivity contribution in [3.8, 4) is 17.0 Å². The van der Waals surface area contributed by atoms with E-state index < -0.39 is 10.0 Å². The Balaban J connectivity index is 1.60. The summed E-state index contributed by atoms with van der Waals surface area (Å²) in [5.74, 6) is 0.227. The summed E-state index contributed by atoms with van der Waals surface area (Å²) in [7, 11) is -2.55. The molecule has 0 atom stereocenters. The third kappa shape index (κ3) is 3.30. The van der Waals surface area contributed by atoms with Crippen LogP contribution in [0.2, 0.25) is 5.02 Å². The van der Waals surface area contributed by atoms with Crippen LogP contribution in [-0.4, -0.2) is 37.0 Å². The fraction of sp³-hybridized carbons (Fsp3) is 0.136. The van der Waals surface area contributed by atoms with Gasteiger partial charge in [-0.3, -0.25) is 4.31 Å². The van der Waals surface area contributed by atoms with Crippen LogP contribution in [-0.2, 0) is 16.4 Å². The number of benzene rings is 2. The molecule has 0 unspecified atom stereocenters. The number of nitrogens with zero attached hydrogens (tertiary/aromatic N) is 4. The fourth-order valence-corrected chi connectivity index (χ4v) is 5.86. The zero-order valence-electron chi connectivity index (χ0n) is 17.0. The molecule has 2 N–H and O–H groups in total. The van der Waals surface area contributed by atoms with Crippen molar-refractivity contribution in [2.45, 2.75) is 11.3 Å². The number of aromatic nitrogens is 3. The number of nitrogen functional groups attached to an aromatic ring is 1. The molecule has 3 heterocycles. The summed E-state index contributed by atoms with van der Waals surface area (Å²) in [4.78, 5) is 12.2. The van der Waals surface area contributed by atoms with Crippen LogP contribution in [0.5, 0.6) is 5.88 Å². The van der Waals surface area contributed by atoms with Crippen LogP contribution in [0, 0.1) is 0 Å². The second kappa shape index (κ2) is 7.61. The number of nitrogens with two attached hydrogens (primary N) is 1. The molecule has 8 nitrogen and oxygen atoms in total. The van der Waals surface area contributed by atoms with Gasteiger partial charge in [0.2, 0.25) is 11.8 Å². The highest BCUT2D eigenvalue weighted by Gasteiger charge is 2.34. The van der Waals surface area contributed by atoms with Gasteiger partial charge in [0.25, 0.3) is 10.0 Å². The van der Waals surface area contributed by atoms with Crippen LogP contribution in [0.3, 0.4) is 0 Å². The van der Waals surface area contributed by atoms with E-state index in [0.717, 1.165) is 27.6 Å². The van der Waals surface area contributed by atoms with Gasteiger partial charge in [-0.25, -0.2) is 23.4 Å². The Hall–Kier alpha value is -3.43. The lowest BCUT2D eigenvalue weighted by molar-refractivity contribution is 0.385. The minimum absolute atomic E-state index is 0.00723. The van der Waals surface area contributed by atoms with Gasteiger partial charge in [0.15, 0.2) is 4.90 Å². The summed E-state index contributed by atoms with van der Waals surface area (Å²) in [6.07, 6.45) is 3.60. The standard InChI is InChI=1S/C22H18ClN5O3S/c1-31-21-20(10-15(23)12-25-21)32(29,30)28-8-7-17-16(3-2-4-19(17)28)13-5-6-18-14(9-13)11-26-22(24)27-18/h2-6,9-12H,7-8H2,1H3,(H2,24,26,27). The molecule has 0 saturated heterocycles. The maximum Gasteiger partial charge on any atom is 0.269 e. The summed E-state index contributed by atoms with van der Waals surface area (Å²) < 4.78 is 33.6. The highest BCUT2D eigenvalue weighted by molar-refractivity contribution is 7.93. The third-order valence-corrected chi connectivity index (χ3v) is 7.46. The maximum atomic E-state index is 13.5. The van der Waals surface area contributed by atoms with E-state index in [2.05, 4.69) is 15.0 Å². The predicted molar refractivity (Wildman–Crippen MR) is 123 cm³/mol. The van der Waals surface area contributed by atoms with Crippen molar-refractivity contribution in [2.75, 3.05) is 23.7 Å². The largest absolute Gasteiger partial charge is 0.480 e. The lowest BCUT2D eigenvalue weighted by Crippen LogP contribution is -2.29. The summed E-state index contributed by atoms with van der Waals surface area (Å²) in [6.45, 7) is 0.303.